The fourth-order valence-electron chi connectivity index (χ4n) is 2.19. The maximum Gasteiger partial charge on any atom is 0.161 e. The summed E-state index contributed by atoms with van der Waals surface area (Å²) in [6, 6.07) is 15.1. The molecule has 24 heavy (non-hydrogen) atoms. The van der Waals surface area contributed by atoms with Gasteiger partial charge in [0.2, 0.25) is 0 Å². The van der Waals surface area contributed by atoms with Crippen molar-refractivity contribution in [3.63, 3.8) is 0 Å². The second kappa shape index (κ2) is 8.42. The van der Waals surface area contributed by atoms with E-state index in [-0.39, 0.29) is 6.10 Å². The van der Waals surface area contributed by atoms with Crippen LogP contribution in [0, 0.1) is 11.3 Å². The lowest BCUT2D eigenvalue weighted by Crippen LogP contribution is -2.10. The molecule has 2 aromatic rings. The molecule has 1 unspecified atom stereocenters. The molecule has 2 rings (SSSR count). The summed E-state index contributed by atoms with van der Waals surface area (Å²) in [5, 5.41) is 10.0. The molecular weight excluding hydrogens is 322 g/mol. The molecule has 0 fully saturated rings. The second-order valence-corrected chi connectivity index (χ2v) is 5.80. The Kier molecular flexibility index (Phi) is 6.28. The van der Waals surface area contributed by atoms with E-state index in [1.807, 2.05) is 43.3 Å². The number of hydrogen-bond donors (Lipinski definition) is 0. The average Bonchev–Trinajstić information content (AvgIpc) is 2.61. The molecule has 0 radical (unpaired) electrons. The Balaban J connectivity index is 2.38. The minimum atomic E-state index is 0.109. The maximum atomic E-state index is 9.46. The Labute approximate surface area is 148 Å². The van der Waals surface area contributed by atoms with Gasteiger partial charge >= 0.3 is 0 Å². The van der Waals surface area contributed by atoms with Gasteiger partial charge in [0, 0.05) is 10.6 Å². The lowest BCUT2D eigenvalue weighted by Gasteiger charge is -2.15. The minimum Gasteiger partial charge on any atom is -0.493 e. The van der Waals surface area contributed by atoms with Crippen molar-refractivity contribution in [3.05, 3.63) is 58.6 Å². The van der Waals surface area contributed by atoms with Gasteiger partial charge in [-0.05, 0) is 43.2 Å². The summed E-state index contributed by atoms with van der Waals surface area (Å²) in [5.41, 5.74) is 2.05. The summed E-state index contributed by atoms with van der Waals surface area (Å²) in [5.74, 6) is 1.33. The van der Waals surface area contributed by atoms with Crippen molar-refractivity contribution in [3.8, 4) is 17.6 Å². The predicted molar refractivity (Wildman–Crippen MR) is 98.3 cm³/mol. The van der Waals surface area contributed by atoms with Crippen LogP contribution in [0.1, 0.15) is 31.4 Å². The summed E-state index contributed by atoms with van der Waals surface area (Å²) < 4.78 is 11.3. The molecule has 1 atom stereocenters. The molecule has 4 heteroatoms. The largest absolute Gasteiger partial charge is 0.493 e. The van der Waals surface area contributed by atoms with E-state index in [0.717, 1.165) is 12.0 Å². The molecule has 124 valence electrons. The molecule has 2 aromatic carbocycles. The Morgan fingerprint density at radius 3 is 2.62 bits per heavy atom. The molecule has 0 aliphatic heterocycles. The van der Waals surface area contributed by atoms with Crippen molar-refractivity contribution in [1.82, 2.24) is 0 Å². The number of ether oxygens (including phenoxy) is 2. The first-order chi connectivity index (χ1) is 11.6. The highest BCUT2D eigenvalue weighted by Crippen LogP contribution is 2.31. The fraction of sp³-hybridized carbons (Fsp3) is 0.250. The van der Waals surface area contributed by atoms with Gasteiger partial charge in [-0.2, -0.15) is 5.26 Å². The first-order valence-corrected chi connectivity index (χ1v) is 8.18. The number of nitrogens with zero attached hydrogens (tertiary/aromatic N) is 1. The molecular formula is C20H20ClNO2. The number of nitriles is 1. The molecule has 3 nitrogen and oxygen atoms in total. The standard InChI is InChI=1S/C20H20ClNO2/c1-4-14(2)24-19-10-9-15(12-20(19)23-3)11-16(13-22)17-7-5-6-8-18(17)21/h5-12,14H,4H2,1-3H3. The molecule has 0 amide bonds. The van der Waals surface area contributed by atoms with E-state index in [2.05, 4.69) is 13.0 Å². The van der Waals surface area contributed by atoms with Crippen molar-refractivity contribution < 1.29 is 9.47 Å². The van der Waals surface area contributed by atoms with Crippen LogP contribution in [0.5, 0.6) is 11.5 Å². The van der Waals surface area contributed by atoms with Gasteiger partial charge in [0.25, 0.3) is 0 Å². The first kappa shape index (κ1) is 17.9. The van der Waals surface area contributed by atoms with Crippen LogP contribution in [0.25, 0.3) is 11.6 Å². The third-order valence-corrected chi connectivity index (χ3v) is 4.02. The summed E-state index contributed by atoms with van der Waals surface area (Å²) in [4.78, 5) is 0. The van der Waals surface area contributed by atoms with Gasteiger partial charge in [-0.1, -0.05) is 42.8 Å². The lowest BCUT2D eigenvalue weighted by atomic mass is 10.0. The van der Waals surface area contributed by atoms with E-state index in [9.17, 15) is 5.26 Å². The first-order valence-electron chi connectivity index (χ1n) is 7.80. The highest BCUT2D eigenvalue weighted by atomic mass is 35.5. The molecule has 0 aliphatic carbocycles. The third-order valence-electron chi connectivity index (χ3n) is 3.69. The topological polar surface area (TPSA) is 42.2 Å². The smallest absolute Gasteiger partial charge is 0.161 e. The van der Waals surface area contributed by atoms with E-state index in [0.29, 0.717) is 27.7 Å². The zero-order valence-corrected chi connectivity index (χ0v) is 14.8. The number of methoxy groups -OCH3 is 1. The molecule has 0 bridgehead atoms. The lowest BCUT2D eigenvalue weighted by molar-refractivity contribution is 0.207. The normalized spacial score (nSPS) is 12.4. The van der Waals surface area contributed by atoms with Gasteiger partial charge in [0.1, 0.15) is 0 Å². The Hall–Kier alpha value is -2.44. The SMILES string of the molecule is CCC(C)Oc1ccc(C=C(C#N)c2ccccc2Cl)cc1OC. The zero-order valence-electron chi connectivity index (χ0n) is 14.0. The van der Waals surface area contributed by atoms with E-state index in [1.165, 1.54) is 0 Å². The molecule has 0 saturated heterocycles. The summed E-state index contributed by atoms with van der Waals surface area (Å²) >= 11 is 6.18. The van der Waals surface area contributed by atoms with Gasteiger partial charge in [0.15, 0.2) is 11.5 Å². The van der Waals surface area contributed by atoms with Crippen LogP contribution >= 0.6 is 11.6 Å². The van der Waals surface area contributed by atoms with E-state index in [4.69, 9.17) is 21.1 Å². The van der Waals surface area contributed by atoms with Crippen molar-refractivity contribution in [2.75, 3.05) is 7.11 Å². The van der Waals surface area contributed by atoms with Gasteiger partial charge in [0.05, 0.1) is 24.9 Å². The minimum absolute atomic E-state index is 0.109. The quantitative estimate of drug-likeness (QED) is 0.508. The summed E-state index contributed by atoms with van der Waals surface area (Å²) in [6.45, 7) is 4.08. The van der Waals surface area contributed by atoms with Crippen molar-refractivity contribution in [2.24, 2.45) is 0 Å². The number of hydrogen-bond acceptors (Lipinski definition) is 3. The Bertz CT molecular complexity index is 777. The molecule has 0 aliphatic rings. The van der Waals surface area contributed by atoms with E-state index in [1.54, 1.807) is 19.3 Å². The van der Waals surface area contributed by atoms with Crippen LogP contribution in [-0.2, 0) is 0 Å². The van der Waals surface area contributed by atoms with Crippen LogP contribution in [0.3, 0.4) is 0 Å². The van der Waals surface area contributed by atoms with Crippen molar-refractivity contribution in [2.45, 2.75) is 26.4 Å². The third kappa shape index (κ3) is 4.31. The van der Waals surface area contributed by atoms with Crippen LogP contribution in [0.4, 0.5) is 0 Å². The zero-order chi connectivity index (χ0) is 17.5. The predicted octanol–water partition coefficient (Wildman–Crippen LogP) is 5.59. The highest BCUT2D eigenvalue weighted by molar-refractivity contribution is 6.32. The van der Waals surface area contributed by atoms with Crippen LogP contribution in [0.15, 0.2) is 42.5 Å². The molecule has 0 heterocycles. The van der Waals surface area contributed by atoms with Crippen LogP contribution in [-0.4, -0.2) is 13.2 Å². The molecule has 0 spiro atoms. The number of rotatable bonds is 6. The van der Waals surface area contributed by atoms with Gasteiger partial charge < -0.3 is 9.47 Å². The Morgan fingerprint density at radius 2 is 2.00 bits per heavy atom. The fourth-order valence-corrected chi connectivity index (χ4v) is 2.43. The molecule has 0 N–H and O–H groups in total. The number of halogens is 1. The van der Waals surface area contributed by atoms with Gasteiger partial charge in [-0.25, -0.2) is 0 Å². The summed E-state index contributed by atoms with van der Waals surface area (Å²) in [6.07, 6.45) is 2.81. The van der Waals surface area contributed by atoms with Gasteiger partial charge in [-0.15, -0.1) is 0 Å². The number of benzene rings is 2. The van der Waals surface area contributed by atoms with E-state index >= 15 is 0 Å². The van der Waals surface area contributed by atoms with Gasteiger partial charge in [-0.3, -0.25) is 0 Å². The second-order valence-electron chi connectivity index (χ2n) is 5.40. The Morgan fingerprint density at radius 1 is 1.25 bits per heavy atom. The van der Waals surface area contributed by atoms with Crippen LogP contribution in [0.2, 0.25) is 5.02 Å². The monoisotopic (exact) mass is 341 g/mol. The molecule has 0 aromatic heterocycles. The average molecular weight is 342 g/mol. The maximum absolute atomic E-state index is 9.46. The highest BCUT2D eigenvalue weighted by Gasteiger charge is 2.10. The van der Waals surface area contributed by atoms with Crippen LogP contribution < -0.4 is 9.47 Å². The van der Waals surface area contributed by atoms with Crippen molar-refractivity contribution >= 4 is 23.3 Å². The molecule has 0 saturated carbocycles. The van der Waals surface area contributed by atoms with E-state index < -0.39 is 0 Å². The van der Waals surface area contributed by atoms with Crippen molar-refractivity contribution in [1.29, 1.82) is 5.26 Å². The number of allylic oxidation sites excluding steroid dienone is 1. The summed E-state index contributed by atoms with van der Waals surface area (Å²) in [7, 11) is 1.60.